The lowest BCUT2D eigenvalue weighted by molar-refractivity contribution is -0.144. The van der Waals surface area contributed by atoms with Crippen LogP contribution >= 0.6 is 0 Å². The predicted octanol–water partition coefficient (Wildman–Crippen LogP) is 9.39. The highest BCUT2D eigenvalue weighted by Crippen LogP contribution is 2.14. The normalized spacial score (nSPS) is 11.1. The number of carbonyl (C=O) groups excluding carboxylic acids is 1. The van der Waals surface area contributed by atoms with Gasteiger partial charge in [-0.1, -0.05) is 135 Å². The van der Waals surface area contributed by atoms with Crippen LogP contribution in [0.4, 0.5) is 0 Å². The van der Waals surface area contributed by atoms with Crippen molar-refractivity contribution in [1.82, 2.24) is 0 Å². The Morgan fingerprint density at radius 1 is 0.485 bits per heavy atom. The zero-order valence-electron chi connectivity index (χ0n) is 22.1. The number of carbonyl (C=O) groups is 2. The Morgan fingerprint density at radius 2 is 0.818 bits per heavy atom. The summed E-state index contributed by atoms with van der Waals surface area (Å²) < 4.78 is 5.38. The van der Waals surface area contributed by atoms with Crippen LogP contribution < -0.4 is 0 Å². The SMILES string of the molecule is CCCCCCCCCCCCCC(=O)OCCCCCCCCCCCCCCC(=O)O. The second kappa shape index (κ2) is 27.2. The van der Waals surface area contributed by atoms with E-state index in [2.05, 4.69) is 6.92 Å². The summed E-state index contributed by atoms with van der Waals surface area (Å²) in [5.74, 6) is -0.679. The first kappa shape index (κ1) is 31.9. The summed E-state index contributed by atoms with van der Waals surface area (Å²) in [6, 6.07) is 0. The average Bonchev–Trinajstić information content (AvgIpc) is 2.79. The summed E-state index contributed by atoms with van der Waals surface area (Å²) in [5, 5.41) is 8.60. The molecule has 196 valence electrons. The van der Waals surface area contributed by atoms with E-state index in [0.717, 1.165) is 38.5 Å². The molecular formula is C29H56O4. The molecule has 0 fully saturated rings. The summed E-state index contributed by atoms with van der Waals surface area (Å²) in [6.07, 6.45) is 29.4. The van der Waals surface area contributed by atoms with E-state index in [1.54, 1.807) is 0 Å². The van der Waals surface area contributed by atoms with E-state index in [-0.39, 0.29) is 5.97 Å². The predicted molar refractivity (Wildman–Crippen MR) is 140 cm³/mol. The molecule has 0 aliphatic heterocycles. The maximum Gasteiger partial charge on any atom is 0.305 e. The molecule has 0 aromatic rings. The van der Waals surface area contributed by atoms with Gasteiger partial charge in [-0.25, -0.2) is 0 Å². The van der Waals surface area contributed by atoms with Gasteiger partial charge in [0.15, 0.2) is 0 Å². The van der Waals surface area contributed by atoms with Gasteiger partial charge in [-0.2, -0.15) is 0 Å². The van der Waals surface area contributed by atoms with Crippen LogP contribution in [0, 0.1) is 0 Å². The van der Waals surface area contributed by atoms with Crippen molar-refractivity contribution in [2.24, 2.45) is 0 Å². The largest absolute Gasteiger partial charge is 0.481 e. The molecule has 0 aliphatic rings. The van der Waals surface area contributed by atoms with Crippen LogP contribution in [0.2, 0.25) is 0 Å². The summed E-state index contributed by atoms with van der Waals surface area (Å²) in [4.78, 5) is 22.2. The van der Waals surface area contributed by atoms with Crippen molar-refractivity contribution >= 4 is 11.9 Å². The minimum atomic E-state index is -0.673. The molecule has 4 nitrogen and oxygen atoms in total. The van der Waals surface area contributed by atoms with Crippen LogP contribution in [0.1, 0.15) is 167 Å². The number of esters is 1. The second-order valence-electron chi connectivity index (χ2n) is 9.89. The Hall–Kier alpha value is -1.06. The number of aliphatic carboxylic acids is 1. The van der Waals surface area contributed by atoms with Crippen LogP contribution in [0.15, 0.2) is 0 Å². The number of hydrogen-bond acceptors (Lipinski definition) is 3. The Kier molecular flexibility index (Phi) is 26.3. The van der Waals surface area contributed by atoms with Crippen molar-refractivity contribution in [3.05, 3.63) is 0 Å². The Morgan fingerprint density at radius 3 is 1.21 bits per heavy atom. The molecule has 0 unspecified atom stereocenters. The van der Waals surface area contributed by atoms with Crippen LogP contribution in [0.25, 0.3) is 0 Å². The fourth-order valence-electron chi connectivity index (χ4n) is 4.34. The Bertz CT molecular complexity index is 422. The molecule has 0 bridgehead atoms. The monoisotopic (exact) mass is 468 g/mol. The molecule has 1 N–H and O–H groups in total. The molecule has 0 saturated carbocycles. The molecule has 0 aromatic heterocycles. The van der Waals surface area contributed by atoms with Crippen molar-refractivity contribution in [1.29, 1.82) is 0 Å². The van der Waals surface area contributed by atoms with Gasteiger partial charge in [-0.3, -0.25) is 9.59 Å². The third-order valence-electron chi connectivity index (χ3n) is 6.53. The average molecular weight is 469 g/mol. The lowest BCUT2D eigenvalue weighted by Crippen LogP contribution is -2.05. The van der Waals surface area contributed by atoms with Gasteiger partial charge in [-0.15, -0.1) is 0 Å². The molecule has 0 atom stereocenters. The van der Waals surface area contributed by atoms with E-state index in [4.69, 9.17) is 9.84 Å². The topological polar surface area (TPSA) is 63.6 Å². The third-order valence-corrected chi connectivity index (χ3v) is 6.53. The Balaban J connectivity index is 3.15. The van der Waals surface area contributed by atoms with Gasteiger partial charge < -0.3 is 9.84 Å². The summed E-state index contributed by atoms with van der Waals surface area (Å²) >= 11 is 0. The maximum absolute atomic E-state index is 11.8. The summed E-state index contributed by atoms with van der Waals surface area (Å²) in [6.45, 7) is 2.86. The van der Waals surface area contributed by atoms with E-state index in [1.807, 2.05) is 0 Å². The molecule has 0 radical (unpaired) electrons. The van der Waals surface area contributed by atoms with Crippen molar-refractivity contribution in [3.8, 4) is 0 Å². The fraction of sp³-hybridized carbons (Fsp3) is 0.931. The molecule has 0 amide bonds. The van der Waals surface area contributed by atoms with E-state index in [0.29, 0.717) is 19.4 Å². The number of carboxylic acid groups (broad SMARTS) is 1. The molecule has 0 rings (SSSR count). The highest BCUT2D eigenvalue weighted by atomic mass is 16.5. The fourth-order valence-corrected chi connectivity index (χ4v) is 4.34. The molecule has 0 spiro atoms. The van der Waals surface area contributed by atoms with Gasteiger partial charge in [0.1, 0.15) is 0 Å². The molecule has 0 aliphatic carbocycles. The number of hydrogen-bond donors (Lipinski definition) is 1. The highest BCUT2D eigenvalue weighted by Gasteiger charge is 2.03. The first-order valence-corrected chi connectivity index (χ1v) is 14.5. The number of rotatable bonds is 27. The number of unbranched alkanes of at least 4 members (excludes halogenated alkanes) is 21. The summed E-state index contributed by atoms with van der Waals surface area (Å²) in [5.41, 5.74) is 0. The maximum atomic E-state index is 11.8. The molecular weight excluding hydrogens is 412 g/mol. The zero-order chi connectivity index (χ0) is 24.2. The standard InChI is InChI=1S/C29H56O4/c1-2-3-4-5-6-7-10-14-17-20-23-26-29(32)33-27-24-21-18-15-12-9-8-11-13-16-19-22-25-28(30)31/h2-27H2,1H3,(H,30,31). The third kappa shape index (κ3) is 28.9. The van der Waals surface area contributed by atoms with Crippen molar-refractivity contribution in [3.63, 3.8) is 0 Å². The molecule has 33 heavy (non-hydrogen) atoms. The van der Waals surface area contributed by atoms with E-state index >= 15 is 0 Å². The second-order valence-corrected chi connectivity index (χ2v) is 9.89. The van der Waals surface area contributed by atoms with E-state index in [9.17, 15) is 9.59 Å². The van der Waals surface area contributed by atoms with Gasteiger partial charge in [0.2, 0.25) is 0 Å². The quantitative estimate of drug-likeness (QED) is 0.0963. The smallest absolute Gasteiger partial charge is 0.305 e. The van der Waals surface area contributed by atoms with Crippen molar-refractivity contribution in [2.45, 2.75) is 167 Å². The van der Waals surface area contributed by atoms with Crippen LogP contribution in [0.3, 0.4) is 0 Å². The van der Waals surface area contributed by atoms with Gasteiger partial charge in [0, 0.05) is 12.8 Å². The molecule has 0 heterocycles. The molecule has 4 heteroatoms. The van der Waals surface area contributed by atoms with Crippen LogP contribution in [-0.2, 0) is 14.3 Å². The van der Waals surface area contributed by atoms with Crippen LogP contribution in [-0.4, -0.2) is 23.7 Å². The minimum absolute atomic E-state index is 0.00566. The zero-order valence-corrected chi connectivity index (χ0v) is 22.1. The van der Waals surface area contributed by atoms with Gasteiger partial charge in [-0.05, 0) is 19.3 Å². The first-order chi connectivity index (χ1) is 16.2. The Labute approximate surface area is 205 Å². The van der Waals surface area contributed by atoms with Gasteiger partial charge >= 0.3 is 11.9 Å². The van der Waals surface area contributed by atoms with Gasteiger partial charge in [0.05, 0.1) is 6.61 Å². The van der Waals surface area contributed by atoms with E-state index < -0.39 is 5.97 Å². The van der Waals surface area contributed by atoms with E-state index in [1.165, 1.54) is 109 Å². The van der Waals surface area contributed by atoms with Crippen molar-refractivity contribution in [2.75, 3.05) is 6.61 Å². The molecule has 0 saturated heterocycles. The first-order valence-electron chi connectivity index (χ1n) is 14.5. The lowest BCUT2D eigenvalue weighted by Gasteiger charge is -2.06. The number of ether oxygens (including phenoxy) is 1. The van der Waals surface area contributed by atoms with Crippen molar-refractivity contribution < 1.29 is 19.4 Å². The lowest BCUT2D eigenvalue weighted by atomic mass is 10.0. The summed E-state index contributed by atoms with van der Waals surface area (Å²) in [7, 11) is 0. The minimum Gasteiger partial charge on any atom is -0.481 e. The number of carboxylic acids is 1. The van der Waals surface area contributed by atoms with Gasteiger partial charge in [0.25, 0.3) is 0 Å². The molecule has 0 aromatic carbocycles. The van der Waals surface area contributed by atoms with Crippen LogP contribution in [0.5, 0.6) is 0 Å². The highest BCUT2D eigenvalue weighted by molar-refractivity contribution is 5.69.